The summed E-state index contributed by atoms with van der Waals surface area (Å²) in [5, 5.41) is 3.32. The van der Waals surface area contributed by atoms with E-state index in [9.17, 15) is 13.0 Å². The highest BCUT2D eigenvalue weighted by Crippen LogP contribution is 2.51. The van der Waals surface area contributed by atoms with Gasteiger partial charge in [0.15, 0.2) is 6.54 Å². The molecular weight excluding hydrogens is 579 g/mol. The fourth-order valence-electron chi connectivity index (χ4n) is 4.34. The Morgan fingerprint density at radius 1 is 1.05 bits per heavy atom. The molecule has 38 heavy (non-hydrogen) atoms. The molecule has 0 N–H and O–H groups in total. The van der Waals surface area contributed by atoms with E-state index in [-0.39, 0.29) is 6.42 Å². The summed E-state index contributed by atoms with van der Waals surface area (Å²) in [6.45, 7) is 2.51. The number of thioether (sulfide) groups is 1. The van der Waals surface area contributed by atoms with E-state index >= 15 is 0 Å². The van der Waals surface area contributed by atoms with Gasteiger partial charge in [-0.05, 0) is 60.5 Å². The second-order valence-electron chi connectivity index (χ2n) is 8.76. The Morgan fingerprint density at radius 3 is 2.53 bits per heavy atom. The fraction of sp³-hybridized carbons (Fsp3) is 0.179. The van der Waals surface area contributed by atoms with Crippen molar-refractivity contribution in [3.8, 4) is 0 Å². The molecule has 0 amide bonds. The van der Waals surface area contributed by atoms with Crippen LogP contribution in [-0.4, -0.2) is 18.7 Å². The van der Waals surface area contributed by atoms with Gasteiger partial charge in [-0.1, -0.05) is 71.4 Å². The number of hydrogen-bond acceptors (Lipinski definition) is 6. The van der Waals surface area contributed by atoms with Crippen LogP contribution in [-0.2, 0) is 16.7 Å². The van der Waals surface area contributed by atoms with Crippen molar-refractivity contribution in [2.75, 3.05) is 10.7 Å². The van der Waals surface area contributed by atoms with Gasteiger partial charge in [0.2, 0.25) is 5.52 Å². The number of aromatic nitrogens is 1. The maximum absolute atomic E-state index is 11.2. The molecule has 1 aliphatic heterocycles. The summed E-state index contributed by atoms with van der Waals surface area (Å²) in [6.07, 6.45) is 5.34. The first-order chi connectivity index (χ1) is 18.2. The molecule has 0 bridgehead atoms. The van der Waals surface area contributed by atoms with Gasteiger partial charge in [0.25, 0.3) is 5.01 Å². The quantitative estimate of drug-likeness (QED) is 0.151. The van der Waals surface area contributed by atoms with Crippen molar-refractivity contribution in [3.63, 3.8) is 0 Å². The summed E-state index contributed by atoms with van der Waals surface area (Å²) in [4.78, 5) is 3.35. The lowest BCUT2D eigenvalue weighted by Crippen LogP contribution is -2.36. The predicted octanol–water partition coefficient (Wildman–Crippen LogP) is 8.01. The number of allylic oxidation sites excluding steroid dienone is 2. The molecule has 10 heteroatoms. The number of benzene rings is 3. The van der Waals surface area contributed by atoms with Crippen LogP contribution >= 0.6 is 46.3 Å². The third-order valence-electron chi connectivity index (χ3n) is 6.11. The second-order valence-corrected chi connectivity index (χ2v) is 13.3. The highest BCUT2D eigenvalue weighted by Gasteiger charge is 2.27. The number of nitrogens with zero attached hydrogens (tertiary/aromatic N) is 2. The van der Waals surface area contributed by atoms with Gasteiger partial charge in [-0.2, -0.15) is 4.57 Å². The summed E-state index contributed by atoms with van der Waals surface area (Å²) < 4.78 is 36.8. The average Bonchev–Trinajstić information content (AvgIpc) is 3.40. The number of halogens is 2. The van der Waals surface area contributed by atoms with Gasteiger partial charge in [-0.15, -0.1) is 0 Å². The number of anilines is 2. The van der Waals surface area contributed by atoms with Crippen LogP contribution in [0.25, 0.3) is 16.3 Å². The molecule has 0 atom stereocenters. The van der Waals surface area contributed by atoms with Crippen molar-refractivity contribution in [2.24, 2.45) is 0 Å². The monoisotopic (exact) mass is 602 g/mol. The van der Waals surface area contributed by atoms with Crippen LogP contribution in [0, 0.1) is 0 Å². The lowest BCUT2D eigenvalue weighted by atomic mass is 10.1. The van der Waals surface area contributed by atoms with E-state index in [1.807, 2.05) is 54.6 Å². The Labute approximate surface area is 240 Å². The Kier molecular flexibility index (Phi) is 8.19. The van der Waals surface area contributed by atoms with E-state index in [0.717, 1.165) is 48.5 Å². The molecule has 2 heterocycles. The third kappa shape index (κ3) is 6.11. The average molecular weight is 604 g/mol. The van der Waals surface area contributed by atoms with Crippen LogP contribution in [0.5, 0.6) is 0 Å². The molecule has 3 aromatic carbocycles. The van der Waals surface area contributed by atoms with Gasteiger partial charge < -0.3 is 9.45 Å². The molecule has 0 fully saturated rings. The zero-order valence-electron chi connectivity index (χ0n) is 20.4. The zero-order valence-corrected chi connectivity index (χ0v) is 24.4. The summed E-state index contributed by atoms with van der Waals surface area (Å²) in [7, 11) is -4.29. The minimum Gasteiger partial charge on any atom is -0.748 e. The van der Waals surface area contributed by atoms with E-state index in [4.69, 9.17) is 23.2 Å². The first kappa shape index (κ1) is 27.2. The van der Waals surface area contributed by atoms with E-state index in [0.29, 0.717) is 16.6 Å². The number of fused-ring (bicyclic) bond motifs is 2. The highest BCUT2D eigenvalue weighted by molar-refractivity contribution is 8.03. The van der Waals surface area contributed by atoms with Crippen LogP contribution in [0.3, 0.4) is 0 Å². The fourth-order valence-corrected chi connectivity index (χ4v) is 7.42. The first-order valence-corrected chi connectivity index (χ1v) is 16.0. The number of rotatable bonds is 8. The molecule has 196 valence electrons. The van der Waals surface area contributed by atoms with Gasteiger partial charge in [0, 0.05) is 44.9 Å². The summed E-state index contributed by atoms with van der Waals surface area (Å²) in [5.41, 5.74) is 4.12. The van der Waals surface area contributed by atoms with Crippen molar-refractivity contribution in [3.05, 3.63) is 98.5 Å². The van der Waals surface area contributed by atoms with E-state index in [1.54, 1.807) is 23.1 Å². The molecule has 0 unspecified atom stereocenters. The number of aryl methyl sites for hydroxylation is 1. The number of para-hydroxylation sites is 1. The standard InChI is InChI=1S/C28H24Cl2N2O3S3/c1-2-19(15-27-31(13-6-14-38(33,34)35)23-17-20(29)9-11-25(23)36-27)16-28-32(22-7-4-3-5-8-22)24-18-21(30)10-12-26(24)37-28/h3-5,7-12,15-18H,2,6,13-14H2,1H3. The van der Waals surface area contributed by atoms with Crippen molar-refractivity contribution >= 4 is 84.1 Å². The molecule has 4 aromatic rings. The molecule has 0 radical (unpaired) electrons. The van der Waals surface area contributed by atoms with E-state index in [1.165, 1.54) is 0 Å². The van der Waals surface area contributed by atoms with Gasteiger partial charge in [-0.3, -0.25) is 0 Å². The highest BCUT2D eigenvalue weighted by atomic mass is 35.5. The van der Waals surface area contributed by atoms with Crippen LogP contribution < -0.4 is 9.47 Å². The minimum absolute atomic E-state index is 0.228. The zero-order chi connectivity index (χ0) is 26.9. The molecule has 0 spiro atoms. The Balaban J connectivity index is 1.57. The van der Waals surface area contributed by atoms with Crippen molar-refractivity contribution in [2.45, 2.75) is 31.2 Å². The largest absolute Gasteiger partial charge is 0.748 e. The topological polar surface area (TPSA) is 64.3 Å². The van der Waals surface area contributed by atoms with Crippen LogP contribution in [0.2, 0.25) is 10.0 Å². The van der Waals surface area contributed by atoms with Gasteiger partial charge in [0.1, 0.15) is 4.70 Å². The number of hydrogen-bond donors (Lipinski definition) is 0. The molecular formula is C28H24Cl2N2O3S3. The molecule has 0 saturated carbocycles. The normalized spacial score (nSPS) is 15.0. The number of thiazole rings is 1. The molecule has 5 nitrogen and oxygen atoms in total. The second kappa shape index (κ2) is 11.4. The molecule has 0 aliphatic carbocycles. The van der Waals surface area contributed by atoms with Crippen LogP contribution in [0.4, 0.5) is 11.4 Å². The van der Waals surface area contributed by atoms with Crippen molar-refractivity contribution in [1.82, 2.24) is 0 Å². The maximum Gasteiger partial charge on any atom is 0.263 e. The third-order valence-corrected chi connectivity index (χ3v) is 9.55. The smallest absolute Gasteiger partial charge is 0.263 e. The lowest BCUT2D eigenvalue weighted by molar-refractivity contribution is -0.668. The predicted molar refractivity (Wildman–Crippen MR) is 158 cm³/mol. The van der Waals surface area contributed by atoms with E-state index < -0.39 is 15.9 Å². The summed E-state index contributed by atoms with van der Waals surface area (Å²) >= 11 is 16.0. The van der Waals surface area contributed by atoms with Crippen molar-refractivity contribution in [1.29, 1.82) is 0 Å². The maximum atomic E-state index is 11.2. The molecule has 1 aromatic heterocycles. The van der Waals surface area contributed by atoms with Gasteiger partial charge in [0.05, 0.1) is 20.8 Å². The molecule has 0 saturated heterocycles. The van der Waals surface area contributed by atoms with Crippen molar-refractivity contribution < 1.29 is 17.5 Å². The van der Waals surface area contributed by atoms with Crippen LogP contribution in [0.15, 0.2) is 88.3 Å². The van der Waals surface area contributed by atoms with E-state index in [2.05, 4.69) is 40.7 Å². The first-order valence-electron chi connectivity index (χ1n) is 12.0. The Morgan fingerprint density at radius 2 is 1.79 bits per heavy atom. The Hall–Kier alpha value is -2.33. The summed E-state index contributed by atoms with van der Waals surface area (Å²) in [5.74, 6) is -0.408. The summed E-state index contributed by atoms with van der Waals surface area (Å²) in [6, 6.07) is 21.8. The van der Waals surface area contributed by atoms with Crippen LogP contribution in [0.1, 0.15) is 24.8 Å². The van der Waals surface area contributed by atoms with Gasteiger partial charge >= 0.3 is 0 Å². The molecule has 5 rings (SSSR count). The lowest BCUT2D eigenvalue weighted by Gasteiger charge is -2.21. The Bertz CT molecular complexity index is 1670. The minimum atomic E-state index is -4.29. The molecule has 1 aliphatic rings. The SMILES string of the molecule is CCC(=Cc1sc2ccc(Cl)cc2[n+]1CCCS(=O)(=O)[O-])C=C1Sc2ccc(Cl)cc2N1c1ccccc1. The van der Waals surface area contributed by atoms with Gasteiger partial charge in [-0.25, -0.2) is 8.42 Å².